The lowest BCUT2D eigenvalue weighted by molar-refractivity contribution is -0.141. The highest BCUT2D eigenvalue weighted by Gasteiger charge is 2.36. The van der Waals surface area contributed by atoms with Crippen molar-refractivity contribution in [3.63, 3.8) is 0 Å². The average molecular weight is 427 g/mol. The molecular weight excluding hydrogens is 396 g/mol. The van der Waals surface area contributed by atoms with Crippen molar-refractivity contribution in [3.8, 4) is 0 Å². The Morgan fingerprint density at radius 1 is 1.19 bits per heavy atom. The molecule has 6 heteroatoms. The molecule has 1 aromatic carbocycles. The number of hydrogen-bond acceptors (Lipinski definition) is 6. The van der Waals surface area contributed by atoms with E-state index in [1.54, 1.807) is 52.0 Å². The first-order valence-electron chi connectivity index (χ1n) is 10.2. The Kier molecular flexibility index (Phi) is 7.74. The minimum Gasteiger partial charge on any atom is -0.507 e. The van der Waals surface area contributed by atoms with Crippen LogP contribution < -0.4 is 0 Å². The minimum atomic E-state index is -0.731. The van der Waals surface area contributed by atoms with E-state index in [4.69, 9.17) is 4.74 Å². The highest BCUT2D eigenvalue weighted by Crippen LogP contribution is 2.35. The number of ether oxygens (including phenoxy) is 1. The molecule has 0 saturated heterocycles. The van der Waals surface area contributed by atoms with E-state index in [-0.39, 0.29) is 29.9 Å². The van der Waals surface area contributed by atoms with Crippen LogP contribution in [-0.4, -0.2) is 40.5 Å². The summed E-state index contributed by atoms with van der Waals surface area (Å²) in [6, 6.07) is 6.44. The topological polar surface area (TPSA) is 101 Å². The predicted molar refractivity (Wildman–Crippen MR) is 118 cm³/mol. The lowest BCUT2D eigenvalue weighted by Crippen LogP contribution is -2.30. The fraction of sp³-hybridized carbons (Fsp3) is 0.400. The fourth-order valence-corrected chi connectivity index (χ4v) is 3.25. The summed E-state index contributed by atoms with van der Waals surface area (Å²) < 4.78 is 5.40. The van der Waals surface area contributed by atoms with Gasteiger partial charge in [-0.1, -0.05) is 50.8 Å². The first kappa shape index (κ1) is 24.3. The molecule has 0 amide bonds. The van der Waals surface area contributed by atoms with Gasteiger partial charge in [0.1, 0.15) is 5.76 Å². The smallest absolute Gasteiger partial charge is 0.333 e. The van der Waals surface area contributed by atoms with Crippen molar-refractivity contribution < 1.29 is 29.3 Å². The highest BCUT2D eigenvalue weighted by atomic mass is 16.5. The van der Waals surface area contributed by atoms with Crippen LogP contribution in [0.1, 0.15) is 62.9 Å². The van der Waals surface area contributed by atoms with Gasteiger partial charge in [-0.2, -0.15) is 0 Å². The zero-order valence-corrected chi connectivity index (χ0v) is 18.5. The molecule has 2 rings (SSSR count). The average Bonchev–Trinajstić information content (AvgIpc) is 2.73. The van der Waals surface area contributed by atoms with Crippen LogP contribution in [0.25, 0.3) is 5.76 Å². The molecule has 1 atom stereocenters. The molecule has 0 saturated carbocycles. The molecule has 0 aromatic heterocycles. The summed E-state index contributed by atoms with van der Waals surface area (Å²) in [6.45, 7) is 10.7. The summed E-state index contributed by atoms with van der Waals surface area (Å²) in [5.74, 6) is -2.06. The maximum Gasteiger partial charge on any atom is 0.333 e. The summed E-state index contributed by atoms with van der Waals surface area (Å²) in [5.41, 5.74) is 1.02. The Labute approximate surface area is 182 Å². The molecule has 2 N–H and O–H groups in total. The van der Waals surface area contributed by atoms with E-state index in [9.17, 15) is 24.6 Å². The number of Topliss-reactive ketones (excluding diaryl/α,β-unsaturated/α-hetero) is 2. The normalized spacial score (nSPS) is 15.6. The van der Waals surface area contributed by atoms with Gasteiger partial charge in [-0.15, -0.1) is 0 Å². The second kappa shape index (κ2) is 9.88. The van der Waals surface area contributed by atoms with Crippen molar-refractivity contribution in [2.75, 3.05) is 6.61 Å². The fourth-order valence-electron chi connectivity index (χ4n) is 3.25. The third-order valence-corrected chi connectivity index (χ3v) is 5.27. The summed E-state index contributed by atoms with van der Waals surface area (Å²) >= 11 is 0. The van der Waals surface area contributed by atoms with E-state index in [0.29, 0.717) is 29.6 Å². The van der Waals surface area contributed by atoms with E-state index in [1.807, 2.05) is 0 Å². The van der Waals surface area contributed by atoms with Gasteiger partial charge in [0.2, 0.25) is 11.6 Å². The van der Waals surface area contributed by atoms with E-state index in [1.165, 1.54) is 6.07 Å². The number of fused-ring (bicyclic) bond motifs is 1. The number of aliphatic hydroxyl groups excluding tert-OH is 2. The third-order valence-electron chi connectivity index (χ3n) is 5.27. The lowest BCUT2D eigenvalue weighted by atomic mass is 9.79. The molecule has 0 radical (unpaired) electrons. The number of esters is 1. The molecule has 0 unspecified atom stereocenters. The number of carbonyl (C=O) groups is 3. The Morgan fingerprint density at radius 3 is 2.42 bits per heavy atom. The van der Waals surface area contributed by atoms with E-state index >= 15 is 0 Å². The van der Waals surface area contributed by atoms with Crippen LogP contribution in [0.15, 0.2) is 53.6 Å². The monoisotopic (exact) mass is 426 g/mol. The van der Waals surface area contributed by atoms with Gasteiger partial charge in [-0.05, 0) is 38.7 Å². The first-order valence-corrected chi connectivity index (χ1v) is 10.2. The van der Waals surface area contributed by atoms with Gasteiger partial charge in [-0.25, -0.2) is 4.79 Å². The van der Waals surface area contributed by atoms with Crippen molar-refractivity contribution in [2.45, 2.75) is 53.1 Å². The number of hydrogen-bond donors (Lipinski definition) is 2. The highest BCUT2D eigenvalue weighted by molar-refractivity contribution is 6.52. The van der Waals surface area contributed by atoms with E-state index in [0.717, 1.165) is 0 Å². The number of carbonyl (C=O) groups excluding carboxylic acids is 3. The second-order valence-corrected chi connectivity index (χ2v) is 8.71. The van der Waals surface area contributed by atoms with Crippen molar-refractivity contribution in [3.05, 3.63) is 64.8 Å². The van der Waals surface area contributed by atoms with E-state index < -0.39 is 29.1 Å². The largest absolute Gasteiger partial charge is 0.507 e. The van der Waals surface area contributed by atoms with Crippen LogP contribution in [0.3, 0.4) is 0 Å². The molecule has 0 spiro atoms. The molecule has 0 bridgehead atoms. The molecule has 0 heterocycles. The molecule has 6 nitrogen and oxygen atoms in total. The molecule has 31 heavy (non-hydrogen) atoms. The number of benzene rings is 1. The van der Waals surface area contributed by atoms with Crippen LogP contribution in [0.5, 0.6) is 0 Å². The summed E-state index contributed by atoms with van der Waals surface area (Å²) in [5, 5.41) is 20.0. The maximum atomic E-state index is 12.5. The molecule has 0 fully saturated rings. The van der Waals surface area contributed by atoms with Crippen molar-refractivity contribution in [1.82, 2.24) is 0 Å². The number of aliphatic hydroxyl groups is 2. The van der Waals surface area contributed by atoms with Gasteiger partial charge in [-0.3, -0.25) is 9.59 Å². The molecule has 166 valence electrons. The van der Waals surface area contributed by atoms with Gasteiger partial charge in [0.25, 0.3) is 0 Å². The molecular formula is C25H30O6. The van der Waals surface area contributed by atoms with Crippen LogP contribution in [0.2, 0.25) is 0 Å². The van der Waals surface area contributed by atoms with Gasteiger partial charge >= 0.3 is 5.97 Å². The van der Waals surface area contributed by atoms with E-state index in [2.05, 4.69) is 6.58 Å². The number of rotatable bonds is 9. The zero-order chi connectivity index (χ0) is 23.3. The molecule has 0 aliphatic heterocycles. The standard InChI is InChI=1S/C25H30O6/c1-15(17(3)26)9-8-10-16(2)24(30)31-14-25(4,5)13-20-21(27)18-11-6-7-12-19(18)22(28)23(20)29/h6-7,10-12,17,26-27H,1,8-9,13-14H2,2-5H3/b16-10+/t17-/m1/s1. The Morgan fingerprint density at radius 2 is 1.81 bits per heavy atom. The predicted octanol–water partition coefficient (Wildman–Crippen LogP) is 4.34. The van der Waals surface area contributed by atoms with Gasteiger partial charge < -0.3 is 14.9 Å². The number of allylic oxidation sites excluding steroid dienone is 2. The summed E-state index contributed by atoms with van der Waals surface area (Å²) in [7, 11) is 0. The van der Waals surface area contributed by atoms with Crippen molar-refractivity contribution in [2.24, 2.45) is 5.41 Å². The van der Waals surface area contributed by atoms with Crippen LogP contribution in [0, 0.1) is 5.41 Å². The third kappa shape index (κ3) is 6.01. The quantitative estimate of drug-likeness (QED) is 0.264. The Bertz CT molecular complexity index is 962. The first-order chi connectivity index (χ1) is 14.4. The SMILES string of the molecule is C=C(CC/C=C(\C)C(=O)OCC(C)(C)CC1=C(O)c2ccccc2C(=O)C1=O)[C@@H](C)O. The van der Waals surface area contributed by atoms with Crippen LogP contribution in [-0.2, 0) is 14.3 Å². The summed E-state index contributed by atoms with van der Waals surface area (Å²) in [6.07, 6.45) is 2.36. The zero-order valence-electron chi connectivity index (χ0n) is 18.5. The van der Waals surface area contributed by atoms with Gasteiger partial charge in [0.05, 0.1) is 12.7 Å². The van der Waals surface area contributed by atoms with Crippen LogP contribution >= 0.6 is 0 Å². The lowest BCUT2D eigenvalue weighted by Gasteiger charge is -2.27. The molecule has 1 aromatic rings. The summed E-state index contributed by atoms with van der Waals surface area (Å²) in [4.78, 5) is 37.2. The second-order valence-electron chi connectivity index (χ2n) is 8.71. The minimum absolute atomic E-state index is 0.0112. The van der Waals surface area contributed by atoms with Crippen molar-refractivity contribution >= 4 is 23.3 Å². The van der Waals surface area contributed by atoms with Crippen LogP contribution in [0.4, 0.5) is 0 Å². The Hall–Kier alpha value is -2.99. The van der Waals surface area contributed by atoms with Crippen molar-refractivity contribution in [1.29, 1.82) is 0 Å². The number of ketones is 2. The molecule has 1 aliphatic carbocycles. The van der Waals surface area contributed by atoms with Gasteiger partial charge in [0, 0.05) is 27.7 Å². The Balaban J connectivity index is 2.03. The molecule has 1 aliphatic rings. The maximum absolute atomic E-state index is 12.5. The van der Waals surface area contributed by atoms with Gasteiger partial charge in [0.15, 0.2) is 0 Å².